The average molecular weight is 383 g/mol. The summed E-state index contributed by atoms with van der Waals surface area (Å²) in [5.74, 6) is 0.911. The summed E-state index contributed by atoms with van der Waals surface area (Å²) in [6.45, 7) is 1.25. The molecule has 28 heavy (non-hydrogen) atoms. The van der Waals surface area contributed by atoms with Crippen molar-refractivity contribution in [3.63, 3.8) is 0 Å². The number of carbonyl (C=O) groups is 1. The first kappa shape index (κ1) is 20.2. The third-order valence-corrected chi connectivity index (χ3v) is 5.15. The molecule has 3 rings (SSSR count). The number of ether oxygens (including phenoxy) is 2. The highest BCUT2D eigenvalue weighted by atomic mass is 16.5. The fraction of sp³-hybridized carbons (Fsp3) is 0.435. The molecule has 150 valence electrons. The first-order chi connectivity index (χ1) is 13.7. The summed E-state index contributed by atoms with van der Waals surface area (Å²) in [7, 11) is 1.70. The van der Waals surface area contributed by atoms with Crippen LogP contribution in [-0.2, 0) is 22.4 Å². The van der Waals surface area contributed by atoms with Crippen molar-refractivity contribution in [1.82, 2.24) is 5.32 Å². The predicted molar refractivity (Wildman–Crippen MR) is 111 cm³/mol. The fourth-order valence-corrected chi connectivity index (χ4v) is 3.65. The molecule has 1 atom stereocenters. The number of fused-ring (bicyclic) bond motifs is 1. The van der Waals surface area contributed by atoms with Gasteiger partial charge in [0.05, 0.1) is 19.3 Å². The number of nitrogens with two attached hydrogens (primary N) is 1. The highest BCUT2D eigenvalue weighted by Gasteiger charge is 2.21. The third kappa shape index (κ3) is 5.73. The van der Waals surface area contributed by atoms with Crippen LogP contribution in [0.25, 0.3) is 0 Å². The van der Waals surface area contributed by atoms with Crippen LogP contribution in [0, 0.1) is 0 Å². The minimum absolute atomic E-state index is 0.0770. The lowest BCUT2D eigenvalue weighted by atomic mass is 9.87. The van der Waals surface area contributed by atoms with Gasteiger partial charge in [0.2, 0.25) is 5.91 Å². The molecule has 0 bridgehead atoms. The summed E-state index contributed by atoms with van der Waals surface area (Å²) >= 11 is 0. The van der Waals surface area contributed by atoms with Gasteiger partial charge in [0.25, 0.3) is 0 Å². The lowest BCUT2D eigenvalue weighted by molar-refractivity contribution is -0.122. The van der Waals surface area contributed by atoms with E-state index >= 15 is 0 Å². The van der Waals surface area contributed by atoms with Gasteiger partial charge in [-0.05, 0) is 73.1 Å². The van der Waals surface area contributed by atoms with Crippen LogP contribution in [0.15, 0.2) is 42.5 Å². The zero-order valence-electron chi connectivity index (χ0n) is 16.6. The van der Waals surface area contributed by atoms with Crippen LogP contribution < -0.4 is 15.8 Å². The number of nitrogens with one attached hydrogen (secondary N) is 1. The van der Waals surface area contributed by atoms with Crippen LogP contribution in [0.5, 0.6) is 5.75 Å². The molecular formula is C23H30N2O3. The van der Waals surface area contributed by atoms with Crippen molar-refractivity contribution in [3.05, 3.63) is 59.2 Å². The number of carbonyl (C=O) groups excluding carboxylic acids is 1. The van der Waals surface area contributed by atoms with E-state index in [1.165, 1.54) is 16.7 Å². The van der Waals surface area contributed by atoms with Gasteiger partial charge in [-0.15, -0.1) is 0 Å². The molecule has 1 aliphatic carbocycles. The van der Waals surface area contributed by atoms with E-state index in [2.05, 4.69) is 5.32 Å². The number of hydrogen-bond acceptors (Lipinski definition) is 4. The van der Waals surface area contributed by atoms with Gasteiger partial charge in [-0.1, -0.05) is 18.2 Å². The molecule has 0 aliphatic heterocycles. The second-order valence-electron chi connectivity index (χ2n) is 7.31. The molecule has 1 unspecified atom stereocenters. The number of benzene rings is 2. The third-order valence-electron chi connectivity index (χ3n) is 5.15. The molecule has 0 aromatic heterocycles. The minimum Gasteiger partial charge on any atom is -0.494 e. The predicted octanol–water partition coefficient (Wildman–Crippen LogP) is 3.81. The molecule has 0 fully saturated rings. The maximum absolute atomic E-state index is 12.3. The quantitative estimate of drug-likeness (QED) is 0.511. The van der Waals surface area contributed by atoms with Gasteiger partial charge in [0.1, 0.15) is 5.75 Å². The van der Waals surface area contributed by atoms with Gasteiger partial charge in [-0.25, -0.2) is 0 Å². The van der Waals surface area contributed by atoms with E-state index in [0.29, 0.717) is 26.1 Å². The van der Waals surface area contributed by atoms with E-state index in [4.69, 9.17) is 15.2 Å². The molecule has 1 aliphatic rings. The largest absolute Gasteiger partial charge is 0.494 e. The SMILES string of the molecule is COCCc1ccc(OCCCC(=O)NC2CCCc3cc(N)ccc32)cc1. The Morgan fingerprint density at radius 3 is 2.79 bits per heavy atom. The van der Waals surface area contributed by atoms with E-state index in [0.717, 1.165) is 37.1 Å². The molecule has 0 radical (unpaired) electrons. The van der Waals surface area contributed by atoms with Crippen molar-refractivity contribution in [2.45, 2.75) is 44.6 Å². The van der Waals surface area contributed by atoms with E-state index in [9.17, 15) is 4.79 Å². The average Bonchev–Trinajstić information content (AvgIpc) is 2.70. The number of aryl methyl sites for hydroxylation is 1. The lowest BCUT2D eigenvalue weighted by Gasteiger charge is -2.26. The summed E-state index contributed by atoms with van der Waals surface area (Å²) in [5, 5.41) is 3.17. The van der Waals surface area contributed by atoms with Gasteiger partial charge in [0, 0.05) is 19.2 Å². The molecule has 3 N–H and O–H groups in total. The Morgan fingerprint density at radius 2 is 2.00 bits per heavy atom. The van der Waals surface area contributed by atoms with Crippen molar-refractivity contribution in [2.24, 2.45) is 0 Å². The molecule has 0 saturated heterocycles. The first-order valence-electron chi connectivity index (χ1n) is 10.0. The first-order valence-corrected chi connectivity index (χ1v) is 10.0. The maximum atomic E-state index is 12.3. The Hall–Kier alpha value is -2.53. The Kier molecular flexibility index (Phi) is 7.31. The van der Waals surface area contributed by atoms with Crippen LogP contribution in [-0.4, -0.2) is 26.2 Å². The molecule has 5 heteroatoms. The lowest BCUT2D eigenvalue weighted by Crippen LogP contribution is -2.31. The zero-order valence-corrected chi connectivity index (χ0v) is 16.6. The van der Waals surface area contributed by atoms with Gasteiger partial charge in [-0.3, -0.25) is 4.79 Å². The molecule has 2 aromatic rings. The Morgan fingerprint density at radius 1 is 1.18 bits per heavy atom. The topological polar surface area (TPSA) is 73.6 Å². The Balaban J connectivity index is 1.40. The standard InChI is InChI=1S/C23H30N2O3/c1-27-15-13-17-7-10-20(11-8-17)28-14-3-6-23(26)25-22-5-2-4-18-16-19(24)9-12-21(18)22/h7-12,16,22H,2-6,13-15,24H2,1H3,(H,25,26). The maximum Gasteiger partial charge on any atom is 0.220 e. The van der Waals surface area contributed by atoms with Crippen LogP contribution in [0.1, 0.15) is 48.4 Å². The van der Waals surface area contributed by atoms with Crippen molar-refractivity contribution in [3.8, 4) is 5.75 Å². The molecule has 0 saturated carbocycles. The molecule has 0 spiro atoms. The number of hydrogen-bond donors (Lipinski definition) is 2. The van der Waals surface area contributed by atoms with Crippen molar-refractivity contribution >= 4 is 11.6 Å². The van der Waals surface area contributed by atoms with Crippen LogP contribution in [0.4, 0.5) is 5.69 Å². The van der Waals surface area contributed by atoms with E-state index in [1.54, 1.807) is 7.11 Å². The molecule has 5 nitrogen and oxygen atoms in total. The van der Waals surface area contributed by atoms with Gasteiger partial charge in [-0.2, -0.15) is 0 Å². The number of rotatable bonds is 9. The number of amides is 1. The monoisotopic (exact) mass is 382 g/mol. The van der Waals surface area contributed by atoms with E-state index < -0.39 is 0 Å². The number of anilines is 1. The summed E-state index contributed by atoms with van der Waals surface area (Å²) < 4.78 is 10.8. The molecular weight excluding hydrogens is 352 g/mol. The van der Waals surface area contributed by atoms with Gasteiger partial charge < -0.3 is 20.5 Å². The molecule has 0 heterocycles. The summed E-state index contributed by atoms with van der Waals surface area (Å²) in [6, 6.07) is 14.1. The summed E-state index contributed by atoms with van der Waals surface area (Å²) in [5.41, 5.74) is 10.4. The summed E-state index contributed by atoms with van der Waals surface area (Å²) in [6.07, 6.45) is 5.14. The minimum atomic E-state index is 0.0770. The number of methoxy groups -OCH3 is 1. The summed E-state index contributed by atoms with van der Waals surface area (Å²) in [4.78, 5) is 12.3. The number of nitrogen functional groups attached to an aromatic ring is 1. The highest BCUT2D eigenvalue weighted by Crippen LogP contribution is 2.31. The van der Waals surface area contributed by atoms with Crippen LogP contribution in [0.2, 0.25) is 0 Å². The van der Waals surface area contributed by atoms with Crippen molar-refractivity contribution < 1.29 is 14.3 Å². The van der Waals surface area contributed by atoms with Crippen LogP contribution in [0.3, 0.4) is 0 Å². The fourth-order valence-electron chi connectivity index (χ4n) is 3.65. The molecule has 2 aromatic carbocycles. The van der Waals surface area contributed by atoms with Gasteiger partial charge >= 0.3 is 0 Å². The van der Waals surface area contributed by atoms with Crippen molar-refractivity contribution in [1.29, 1.82) is 0 Å². The van der Waals surface area contributed by atoms with E-state index in [1.807, 2.05) is 42.5 Å². The Labute approximate surface area is 167 Å². The smallest absolute Gasteiger partial charge is 0.220 e. The molecule has 1 amide bonds. The second kappa shape index (κ2) is 10.1. The van der Waals surface area contributed by atoms with Gasteiger partial charge in [0.15, 0.2) is 0 Å². The zero-order chi connectivity index (χ0) is 19.8. The van der Waals surface area contributed by atoms with Crippen LogP contribution >= 0.6 is 0 Å². The highest BCUT2D eigenvalue weighted by molar-refractivity contribution is 5.76. The van der Waals surface area contributed by atoms with E-state index in [-0.39, 0.29) is 11.9 Å². The normalized spacial score (nSPS) is 15.7. The van der Waals surface area contributed by atoms with Crippen molar-refractivity contribution in [2.75, 3.05) is 26.1 Å². The second-order valence-corrected chi connectivity index (χ2v) is 7.31. The Bertz CT molecular complexity index is 774.